The van der Waals surface area contributed by atoms with Crippen LogP contribution in [-0.4, -0.2) is 57.7 Å². The molecule has 0 aliphatic carbocycles. The summed E-state index contributed by atoms with van der Waals surface area (Å²) < 4.78 is 32.7. The molecule has 1 unspecified atom stereocenters. The molecule has 1 aliphatic heterocycles. The first-order valence-electron chi connectivity index (χ1n) is 7.28. The van der Waals surface area contributed by atoms with Gasteiger partial charge in [-0.05, 0) is 37.9 Å². The molecule has 1 aromatic rings. The monoisotopic (exact) mass is 347 g/mol. The van der Waals surface area contributed by atoms with Crippen molar-refractivity contribution in [2.75, 3.05) is 33.4 Å². The van der Waals surface area contributed by atoms with Gasteiger partial charge in [0.1, 0.15) is 10.0 Å². The summed E-state index contributed by atoms with van der Waals surface area (Å²) in [5.41, 5.74) is 0.648. The number of nitrogens with one attached hydrogen (secondary N) is 1. The molecule has 0 spiro atoms. The maximum absolute atomic E-state index is 12.4. The van der Waals surface area contributed by atoms with Crippen molar-refractivity contribution in [3.05, 3.63) is 23.0 Å². The summed E-state index contributed by atoms with van der Waals surface area (Å²) in [6, 6.07) is 1.45. The Bertz CT molecular complexity index is 609. The first-order valence-corrected chi connectivity index (χ1v) is 9.14. The van der Waals surface area contributed by atoms with Crippen LogP contribution in [0.2, 0.25) is 5.15 Å². The summed E-state index contributed by atoms with van der Waals surface area (Å²) in [7, 11) is -1.91. The molecule has 0 radical (unpaired) electrons. The molecule has 2 rings (SSSR count). The second-order valence-electron chi connectivity index (χ2n) is 5.53. The van der Waals surface area contributed by atoms with Gasteiger partial charge in [-0.3, -0.25) is 4.90 Å². The molecule has 1 fully saturated rings. The lowest BCUT2D eigenvalue weighted by Gasteiger charge is -2.32. The summed E-state index contributed by atoms with van der Waals surface area (Å²) in [6.07, 6.45) is 3.10. The number of hydrogen-bond donors (Lipinski definition) is 1. The summed E-state index contributed by atoms with van der Waals surface area (Å²) in [5, 5.41) is 0.322. The van der Waals surface area contributed by atoms with Crippen molar-refractivity contribution in [2.24, 2.45) is 0 Å². The van der Waals surface area contributed by atoms with Gasteiger partial charge in [0.15, 0.2) is 0 Å². The third kappa shape index (κ3) is 4.63. The SMILES string of the molecule is COCCN1CCCC(NS(=O)(=O)c2cnc(Cl)c(C)c2)C1. The van der Waals surface area contributed by atoms with Crippen LogP contribution in [0.4, 0.5) is 0 Å². The Kier molecular flexibility index (Phi) is 6.17. The van der Waals surface area contributed by atoms with Crippen LogP contribution in [0.15, 0.2) is 17.2 Å². The van der Waals surface area contributed by atoms with Crippen molar-refractivity contribution in [1.82, 2.24) is 14.6 Å². The van der Waals surface area contributed by atoms with E-state index < -0.39 is 10.0 Å². The van der Waals surface area contributed by atoms with Crippen LogP contribution in [0.5, 0.6) is 0 Å². The van der Waals surface area contributed by atoms with E-state index in [0.29, 0.717) is 23.9 Å². The zero-order chi connectivity index (χ0) is 16.2. The highest BCUT2D eigenvalue weighted by Gasteiger charge is 2.25. The summed E-state index contributed by atoms with van der Waals surface area (Å²) in [6.45, 7) is 4.88. The molecule has 6 nitrogen and oxygen atoms in total. The van der Waals surface area contributed by atoms with Gasteiger partial charge in [-0.2, -0.15) is 0 Å². The average molecular weight is 348 g/mol. The molecule has 1 N–H and O–H groups in total. The quantitative estimate of drug-likeness (QED) is 0.788. The third-order valence-electron chi connectivity index (χ3n) is 3.74. The van der Waals surface area contributed by atoms with Gasteiger partial charge in [-0.25, -0.2) is 18.1 Å². The fraction of sp³-hybridized carbons (Fsp3) is 0.643. The number of piperidine rings is 1. The van der Waals surface area contributed by atoms with Crippen LogP contribution < -0.4 is 4.72 Å². The van der Waals surface area contributed by atoms with Crippen LogP contribution in [0.1, 0.15) is 18.4 Å². The number of methoxy groups -OCH3 is 1. The number of pyridine rings is 1. The predicted molar refractivity (Wildman–Crippen MR) is 85.6 cm³/mol. The molecule has 22 heavy (non-hydrogen) atoms. The first kappa shape index (κ1) is 17.6. The smallest absolute Gasteiger partial charge is 0.242 e. The van der Waals surface area contributed by atoms with Crippen molar-refractivity contribution in [1.29, 1.82) is 0 Å². The number of hydrogen-bond acceptors (Lipinski definition) is 5. The van der Waals surface area contributed by atoms with Gasteiger partial charge in [0.2, 0.25) is 10.0 Å². The first-order chi connectivity index (χ1) is 10.4. The van der Waals surface area contributed by atoms with E-state index in [-0.39, 0.29) is 10.9 Å². The molecule has 0 bridgehead atoms. The molecule has 0 aromatic carbocycles. The van der Waals surface area contributed by atoms with Crippen LogP contribution in [-0.2, 0) is 14.8 Å². The number of ether oxygens (including phenoxy) is 1. The average Bonchev–Trinajstić information content (AvgIpc) is 2.47. The van der Waals surface area contributed by atoms with E-state index in [0.717, 1.165) is 25.9 Å². The van der Waals surface area contributed by atoms with Crippen LogP contribution >= 0.6 is 11.6 Å². The standard InChI is InChI=1S/C14H22ClN3O3S/c1-11-8-13(9-16-14(11)15)22(19,20)17-12-4-3-5-18(10-12)6-7-21-2/h8-9,12,17H,3-7,10H2,1-2H3. The molecule has 1 aliphatic rings. The van der Waals surface area contributed by atoms with Crippen LogP contribution in [0.25, 0.3) is 0 Å². The van der Waals surface area contributed by atoms with Crippen molar-refractivity contribution in [3.8, 4) is 0 Å². The fourth-order valence-electron chi connectivity index (χ4n) is 2.54. The number of aryl methyl sites for hydroxylation is 1. The van der Waals surface area contributed by atoms with E-state index in [1.165, 1.54) is 6.20 Å². The Morgan fingerprint density at radius 1 is 1.55 bits per heavy atom. The number of nitrogens with zero attached hydrogens (tertiary/aromatic N) is 2. The molecule has 1 aromatic heterocycles. The lowest BCUT2D eigenvalue weighted by atomic mass is 10.1. The van der Waals surface area contributed by atoms with E-state index in [1.807, 2.05) is 0 Å². The molecule has 8 heteroatoms. The topological polar surface area (TPSA) is 71.5 Å². The van der Waals surface area contributed by atoms with Crippen molar-refractivity contribution in [2.45, 2.75) is 30.7 Å². The number of likely N-dealkylation sites (tertiary alicyclic amines) is 1. The van der Waals surface area contributed by atoms with Gasteiger partial charge in [-0.15, -0.1) is 0 Å². The molecule has 2 heterocycles. The molecular weight excluding hydrogens is 326 g/mol. The Morgan fingerprint density at radius 2 is 2.32 bits per heavy atom. The van der Waals surface area contributed by atoms with Crippen molar-refractivity contribution in [3.63, 3.8) is 0 Å². The molecule has 0 saturated carbocycles. The van der Waals surface area contributed by atoms with Crippen molar-refractivity contribution >= 4 is 21.6 Å². The summed E-state index contributed by atoms with van der Waals surface area (Å²) in [4.78, 5) is 6.28. The zero-order valence-corrected chi connectivity index (χ0v) is 14.5. The normalized spacial score (nSPS) is 20.2. The summed E-state index contributed by atoms with van der Waals surface area (Å²) >= 11 is 5.85. The second-order valence-corrected chi connectivity index (χ2v) is 7.60. The maximum Gasteiger partial charge on any atom is 0.242 e. The minimum absolute atomic E-state index is 0.0911. The second kappa shape index (κ2) is 7.70. The summed E-state index contributed by atoms with van der Waals surface area (Å²) in [5.74, 6) is 0. The highest BCUT2D eigenvalue weighted by molar-refractivity contribution is 7.89. The molecule has 0 amide bonds. The minimum atomic E-state index is -3.57. The largest absolute Gasteiger partial charge is 0.383 e. The van der Waals surface area contributed by atoms with E-state index in [2.05, 4.69) is 14.6 Å². The fourth-order valence-corrected chi connectivity index (χ4v) is 3.94. The van der Waals surface area contributed by atoms with E-state index >= 15 is 0 Å². The highest BCUT2D eigenvalue weighted by atomic mass is 35.5. The Balaban J connectivity index is 2.03. The maximum atomic E-state index is 12.4. The van der Waals surface area contributed by atoms with Gasteiger partial charge in [-0.1, -0.05) is 11.6 Å². The molecular formula is C14H22ClN3O3S. The predicted octanol–water partition coefficient (Wildman–Crippen LogP) is 1.43. The van der Waals surface area contributed by atoms with E-state index in [1.54, 1.807) is 20.1 Å². The van der Waals surface area contributed by atoms with Crippen LogP contribution in [0, 0.1) is 6.92 Å². The Morgan fingerprint density at radius 3 is 3.00 bits per heavy atom. The Hall–Kier alpha value is -0.730. The number of rotatable bonds is 6. The van der Waals surface area contributed by atoms with E-state index in [4.69, 9.17) is 16.3 Å². The molecule has 1 saturated heterocycles. The van der Waals surface area contributed by atoms with Gasteiger partial charge in [0, 0.05) is 32.4 Å². The molecule has 1 atom stereocenters. The number of aromatic nitrogens is 1. The Labute approximate surface area is 136 Å². The van der Waals surface area contributed by atoms with Crippen molar-refractivity contribution < 1.29 is 13.2 Å². The van der Waals surface area contributed by atoms with E-state index in [9.17, 15) is 8.42 Å². The number of sulfonamides is 1. The molecule has 124 valence electrons. The van der Waals surface area contributed by atoms with Crippen LogP contribution in [0.3, 0.4) is 0 Å². The zero-order valence-electron chi connectivity index (χ0n) is 12.9. The highest BCUT2D eigenvalue weighted by Crippen LogP contribution is 2.18. The van der Waals surface area contributed by atoms with Gasteiger partial charge in [0.25, 0.3) is 0 Å². The van der Waals surface area contributed by atoms with Gasteiger partial charge >= 0.3 is 0 Å². The third-order valence-corrected chi connectivity index (χ3v) is 5.62. The number of halogens is 1. The minimum Gasteiger partial charge on any atom is -0.383 e. The van der Waals surface area contributed by atoms with Gasteiger partial charge < -0.3 is 4.74 Å². The lowest BCUT2D eigenvalue weighted by molar-refractivity contribution is 0.126. The lowest BCUT2D eigenvalue weighted by Crippen LogP contribution is -2.48. The van der Waals surface area contributed by atoms with Gasteiger partial charge in [0.05, 0.1) is 6.61 Å².